The summed E-state index contributed by atoms with van der Waals surface area (Å²) in [6.45, 7) is 5.94. The van der Waals surface area contributed by atoms with Crippen molar-refractivity contribution < 1.29 is 9.21 Å². The highest BCUT2D eigenvalue weighted by Crippen LogP contribution is 2.30. The number of nitrogens with zero attached hydrogens (tertiary/aromatic N) is 2. The number of hydrogen-bond acceptors (Lipinski definition) is 4. The van der Waals surface area contributed by atoms with Gasteiger partial charge in [0.15, 0.2) is 0 Å². The third-order valence-corrected chi connectivity index (χ3v) is 6.37. The van der Waals surface area contributed by atoms with Gasteiger partial charge in [0, 0.05) is 50.2 Å². The largest absolute Gasteiger partial charge is 0.464 e. The lowest BCUT2D eigenvalue weighted by Crippen LogP contribution is -2.43. The van der Waals surface area contributed by atoms with Gasteiger partial charge in [-0.3, -0.25) is 9.69 Å². The third-order valence-electron chi connectivity index (χ3n) is 6.37. The molecule has 3 aromatic carbocycles. The highest BCUT2D eigenvalue weighted by molar-refractivity contribution is 6.08. The molecule has 2 heterocycles. The second-order valence-electron chi connectivity index (χ2n) is 8.77. The van der Waals surface area contributed by atoms with Gasteiger partial charge < -0.3 is 14.6 Å². The van der Waals surface area contributed by atoms with E-state index in [1.54, 1.807) is 6.26 Å². The second kappa shape index (κ2) is 9.15. The quantitative estimate of drug-likeness (QED) is 0.501. The summed E-state index contributed by atoms with van der Waals surface area (Å²) in [5, 5.41) is 6.40. The number of piperazine rings is 1. The molecule has 5 heteroatoms. The first-order valence-electron chi connectivity index (χ1n) is 11.3. The topological polar surface area (TPSA) is 48.7 Å². The van der Waals surface area contributed by atoms with Gasteiger partial charge >= 0.3 is 0 Å². The van der Waals surface area contributed by atoms with Crippen LogP contribution in [0.15, 0.2) is 71.3 Å². The van der Waals surface area contributed by atoms with Gasteiger partial charge in [-0.2, -0.15) is 0 Å². The van der Waals surface area contributed by atoms with Crippen LogP contribution < -0.4 is 5.32 Å². The molecule has 1 aliphatic heterocycles. The fourth-order valence-electron chi connectivity index (χ4n) is 4.54. The molecule has 0 aliphatic carbocycles. The van der Waals surface area contributed by atoms with Gasteiger partial charge in [-0.15, -0.1) is 0 Å². The van der Waals surface area contributed by atoms with Crippen LogP contribution in [0.5, 0.6) is 0 Å². The Morgan fingerprint density at radius 2 is 1.78 bits per heavy atom. The summed E-state index contributed by atoms with van der Waals surface area (Å²) < 4.78 is 5.73. The summed E-state index contributed by atoms with van der Waals surface area (Å²) in [5.74, 6) is 0.00473. The molecule has 4 aromatic rings. The number of fused-ring (bicyclic) bond motifs is 3. The molecule has 1 N–H and O–H groups in total. The van der Waals surface area contributed by atoms with Crippen LogP contribution in [-0.2, 0) is 24.3 Å². The second-order valence-corrected chi connectivity index (χ2v) is 8.77. The van der Waals surface area contributed by atoms with Gasteiger partial charge in [0.25, 0.3) is 0 Å². The van der Waals surface area contributed by atoms with E-state index in [0.717, 1.165) is 65.6 Å². The highest BCUT2D eigenvalue weighted by Gasteiger charge is 2.15. The molecule has 0 radical (unpaired) electrons. The van der Waals surface area contributed by atoms with Crippen molar-refractivity contribution in [2.24, 2.45) is 0 Å². The molecule has 5 nitrogen and oxygen atoms in total. The van der Waals surface area contributed by atoms with Crippen molar-refractivity contribution in [3.8, 4) is 0 Å². The molecule has 1 fully saturated rings. The van der Waals surface area contributed by atoms with Gasteiger partial charge in [0.2, 0.25) is 5.91 Å². The van der Waals surface area contributed by atoms with E-state index in [0.29, 0.717) is 13.0 Å². The van der Waals surface area contributed by atoms with Crippen molar-refractivity contribution in [2.75, 3.05) is 33.2 Å². The zero-order chi connectivity index (χ0) is 21.9. The molecule has 0 spiro atoms. The summed E-state index contributed by atoms with van der Waals surface area (Å²) in [5.41, 5.74) is 4.18. The maximum absolute atomic E-state index is 12.7. The van der Waals surface area contributed by atoms with Crippen LogP contribution in [0.1, 0.15) is 16.7 Å². The van der Waals surface area contributed by atoms with Crippen molar-refractivity contribution >= 4 is 27.6 Å². The van der Waals surface area contributed by atoms with Crippen molar-refractivity contribution in [3.63, 3.8) is 0 Å². The third kappa shape index (κ3) is 4.54. The average molecular weight is 428 g/mol. The molecular weight excluding hydrogens is 398 g/mol. The first kappa shape index (κ1) is 20.7. The fourth-order valence-corrected chi connectivity index (χ4v) is 4.54. The zero-order valence-corrected chi connectivity index (χ0v) is 18.5. The Morgan fingerprint density at radius 3 is 2.66 bits per heavy atom. The molecule has 1 amide bonds. The minimum Gasteiger partial charge on any atom is -0.464 e. The lowest BCUT2D eigenvalue weighted by atomic mass is 10.0. The number of nitrogens with one attached hydrogen (secondary N) is 1. The lowest BCUT2D eigenvalue weighted by molar-refractivity contribution is -0.120. The lowest BCUT2D eigenvalue weighted by Gasteiger charge is -2.32. The molecule has 0 atom stereocenters. The standard InChI is InChI=1S/C27H29N3O2/c1-29-11-13-30(14-12-29)18-21-6-4-5-20(15-21)17-28-26(31)16-23-19-32-25-10-9-22-7-2-3-8-24(22)27(23)25/h2-10,15,19H,11-14,16-18H2,1H3,(H,28,31). The Labute approximate surface area is 188 Å². The zero-order valence-electron chi connectivity index (χ0n) is 18.5. The summed E-state index contributed by atoms with van der Waals surface area (Å²) in [7, 11) is 2.18. The van der Waals surface area contributed by atoms with E-state index in [4.69, 9.17) is 4.42 Å². The van der Waals surface area contributed by atoms with Crippen LogP contribution in [0.25, 0.3) is 21.7 Å². The van der Waals surface area contributed by atoms with Gasteiger partial charge in [-0.05, 0) is 35.0 Å². The predicted molar refractivity (Wildman–Crippen MR) is 128 cm³/mol. The van der Waals surface area contributed by atoms with Crippen molar-refractivity contribution in [2.45, 2.75) is 19.5 Å². The van der Waals surface area contributed by atoms with Crippen molar-refractivity contribution in [1.82, 2.24) is 15.1 Å². The summed E-state index contributed by atoms with van der Waals surface area (Å²) in [4.78, 5) is 17.6. The average Bonchev–Trinajstić information content (AvgIpc) is 3.23. The summed E-state index contributed by atoms with van der Waals surface area (Å²) in [6.07, 6.45) is 2.02. The van der Waals surface area contributed by atoms with E-state index in [2.05, 4.69) is 64.6 Å². The number of benzene rings is 3. The van der Waals surface area contributed by atoms with E-state index >= 15 is 0 Å². The van der Waals surface area contributed by atoms with Crippen molar-refractivity contribution in [1.29, 1.82) is 0 Å². The molecule has 0 bridgehead atoms. The number of amides is 1. The van der Waals surface area contributed by atoms with Gasteiger partial charge in [-0.1, -0.05) is 54.6 Å². The number of rotatable bonds is 6. The van der Waals surface area contributed by atoms with E-state index in [1.165, 1.54) is 5.56 Å². The highest BCUT2D eigenvalue weighted by atomic mass is 16.3. The number of hydrogen-bond donors (Lipinski definition) is 1. The number of carbonyl (C=O) groups is 1. The molecule has 1 aliphatic rings. The minimum absolute atomic E-state index is 0.00473. The first-order chi connectivity index (χ1) is 15.7. The van der Waals surface area contributed by atoms with E-state index < -0.39 is 0 Å². The normalized spacial score (nSPS) is 15.4. The first-order valence-corrected chi connectivity index (χ1v) is 11.3. The molecule has 0 unspecified atom stereocenters. The fraction of sp³-hybridized carbons (Fsp3) is 0.296. The Kier molecular flexibility index (Phi) is 5.93. The number of likely N-dealkylation sites (N-methyl/N-ethyl adjacent to an activating group) is 1. The van der Waals surface area contributed by atoms with Crippen LogP contribution in [0.4, 0.5) is 0 Å². The minimum atomic E-state index is 0.00473. The predicted octanol–water partition coefficient (Wildman–Crippen LogP) is 4.19. The van der Waals surface area contributed by atoms with Crippen LogP contribution in [0.2, 0.25) is 0 Å². The van der Waals surface area contributed by atoms with Crippen LogP contribution in [0, 0.1) is 0 Å². The van der Waals surface area contributed by atoms with E-state index in [-0.39, 0.29) is 5.91 Å². The van der Waals surface area contributed by atoms with Gasteiger partial charge in [0.05, 0.1) is 12.7 Å². The maximum atomic E-state index is 12.7. The number of carbonyl (C=O) groups excluding carboxylic acids is 1. The maximum Gasteiger partial charge on any atom is 0.224 e. The summed E-state index contributed by atoms with van der Waals surface area (Å²) >= 11 is 0. The van der Waals surface area contributed by atoms with Crippen LogP contribution in [0.3, 0.4) is 0 Å². The van der Waals surface area contributed by atoms with Gasteiger partial charge in [-0.25, -0.2) is 0 Å². The molecular formula is C27H29N3O2. The van der Waals surface area contributed by atoms with E-state index in [9.17, 15) is 4.79 Å². The van der Waals surface area contributed by atoms with Crippen molar-refractivity contribution in [3.05, 3.63) is 83.6 Å². The molecule has 0 saturated carbocycles. The van der Waals surface area contributed by atoms with E-state index in [1.807, 2.05) is 18.2 Å². The SMILES string of the molecule is CN1CCN(Cc2cccc(CNC(=O)Cc3coc4ccc5ccccc5c34)c2)CC1. The molecule has 1 aromatic heterocycles. The van der Waals surface area contributed by atoms with Gasteiger partial charge in [0.1, 0.15) is 5.58 Å². The van der Waals surface area contributed by atoms with Crippen LogP contribution in [-0.4, -0.2) is 48.9 Å². The Hall–Kier alpha value is -3.15. The Bertz CT molecular complexity index is 1240. The molecule has 5 rings (SSSR count). The smallest absolute Gasteiger partial charge is 0.224 e. The molecule has 164 valence electrons. The summed E-state index contributed by atoms with van der Waals surface area (Å²) in [6, 6.07) is 20.8. The monoisotopic (exact) mass is 427 g/mol. The van der Waals surface area contributed by atoms with Crippen LogP contribution >= 0.6 is 0 Å². The molecule has 32 heavy (non-hydrogen) atoms. The Morgan fingerprint density at radius 1 is 0.969 bits per heavy atom. The Balaban J connectivity index is 1.23. The number of furan rings is 1. The molecule has 1 saturated heterocycles.